The Hall–Kier alpha value is -0.240. The topological polar surface area (TPSA) is 20.3 Å². The zero-order valence-electron chi connectivity index (χ0n) is 10.8. The minimum absolute atomic E-state index is 0.0697. The third kappa shape index (κ3) is 4.32. The van der Waals surface area contributed by atoms with Crippen LogP contribution in [0.5, 0.6) is 0 Å². The minimum atomic E-state index is 0.0697. The van der Waals surface area contributed by atoms with Crippen LogP contribution < -0.4 is 0 Å². The van der Waals surface area contributed by atoms with Gasteiger partial charge in [-0.2, -0.15) is 0 Å². The second-order valence-corrected chi connectivity index (χ2v) is 6.33. The van der Waals surface area contributed by atoms with Gasteiger partial charge in [0, 0.05) is 24.9 Å². The molecule has 0 N–H and O–H groups in total. The molecule has 0 aromatic heterocycles. The Labute approximate surface area is 104 Å². The molecule has 0 saturated heterocycles. The summed E-state index contributed by atoms with van der Waals surface area (Å²) in [6.07, 6.45) is 5.46. The number of hydrogen-bond donors (Lipinski definition) is 0. The zero-order chi connectivity index (χ0) is 12.2. The lowest BCUT2D eigenvalue weighted by Gasteiger charge is -2.31. The molecule has 1 saturated carbocycles. The number of carbonyl (C=O) groups is 1. The second-order valence-electron chi connectivity index (χ2n) is 5.95. The molecule has 0 unspecified atom stereocenters. The average Bonchev–Trinajstić information content (AvgIpc) is 2.63. The van der Waals surface area contributed by atoms with Gasteiger partial charge in [-0.1, -0.05) is 33.6 Å². The van der Waals surface area contributed by atoms with Crippen molar-refractivity contribution < 1.29 is 4.79 Å². The molecule has 0 atom stereocenters. The molecule has 1 rings (SSSR count). The van der Waals surface area contributed by atoms with Crippen molar-refractivity contribution in [3.63, 3.8) is 0 Å². The van der Waals surface area contributed by atoms with Gasteiger partial charge in [0.1, 0.15) is 0 Å². The van der Waals surface area contributed by atoms with Gasteiger partial charge in [0.2, 0.25) is 5.91 Å². The fraction of sp³-hybridized carbons (Fsp3) is 0.923. The molecule has 94 valence electrons. The van der Waals surface area contributed by atoms with Crippen LogP contribution in [0.15, 0.2) is 0 Å². The van der Waals surface area contributed by atoms with Crippen molar-refractivity contribution >= 4 is 17.5 Å². The van der Waals surface area contributed by atoms with E-state index in [-0.39, 0.29) is 11.3 Å². The second kappa shape index (κ2) is 5.90. The zero-order valence-corrected chi connectivity index (χ0v) is 11.5. The Kier molecular flexibility index (Phi) is 5.10. The van der Waals surface area contributed by atoms with Gasteiger partial charge in [0.15, 0.2) is 0 Å². The summed E-state index contributed by atoms with van der Waals surface area (Å²) >= 11 is 5.80. The molecule has 0 radical (unpaired) electrons. The number of nitrogens with zero attached hydrogens (tertiary/aromatic N) is 1. The maximum absolute atomic E-state index is 12.2. The number of alkyl halides is 1. The predicted molar refractivity (Wildman–Crippen MR) is 68.8 cm³/mol. The minimum Gasteiger partial charge on any atom is -0.339 e. The van der Waals surface area contributed by atoms with E-state index >= 15 is 0 Å². The molecule has 1 aliphatic rings. The SMILES string of the molecule is CC(C)(C)CC(=O)N(CCCl)C1CCCC1. The van der Waals surface area contributed by atoms with E-state index in [2.05, 4.69) is 20.8 Å². The maximum atomic E-state index is 12.2. The lowest BCUT2D eigenvalue weighted by atomic mass is 9.91. The lowest BCUT2D eigenvalue weighted by molar-refractivity contribution is -0.135. The number of rotatable bonds is 4. The highest BCUT2D eigenvalue weighted by atomic mass is 35.5. The smallest absolute Gasteiger partial charge is 0.223 e. The summed E-state index contributed by atoms with van der Waals surface area (Å²) in [5, 5.41) is 0. The van der Waals surface area contributed by atoms with Crippen molar-refractivity contribution in [2.24, 2.45) is 5.41 Å². The molecule has 1 aliphatic carbocycles. The standard InChI is InChI=1S/C13H24ClNO/c1-13(2,3)10-12(16)15(9-8-14)11-6-4-5-7-11/h11H,4-10H2,1-3H3. The van der Waals surface area contributed by atoms with Crippen LogP contribution >= 0.6 is 11.6 Å². The first-order chi connectivity index (χ1) is 7.44. The van der Waals surface area contributed by atoms with Crippen LogP contribution in [0.1, 0.15) is 52.9 Å². The average molecular weight is 246 g/mol. The summed E-state index contributed by atoms with van der Waals surface area (Å²) in [6, 6.07) is 0.452. The number of halogens is 1. The molecule has 1 amide bonds. The quantitative estimate of drug-likeness (QED) is 0.695. The fourth-order valence-electron chi connectivity index (χ4n) is 2.37. The van der Waals surface area contributed by atoms with E-state index < -0.39 is 0 Å². The van der Waals surface area contributed by atoms with E-state index in [0.29, 0.717) is 24.9 Å². The maximum Gasteiger partial charge on any atom is 0.223 e. The van der Waals surface area contributed by atoms with Crippen LogP contribution in [0.3, 0.4) is 0 Å². The van der Waals surface area contributed by atoms with Gasteiger partial charge in [-0.05, 0) is 18.3 Å². The van der Waals surface area contributed by atoms with Gasteiger partial charge in [0.05, 0.1) is 0 Å². The van der Waals surface area contributed by atoms with Crippen molar-refractivity contribution in [1.29, 1.82) is 0 Å². The van der Waals surface area contributed by atoms with E-state index in [1.807, 2.05) is 4.90 Å². The molecule has 0 bridgehead atoms. The van der Waals surface area contributed by atoms with Crippen molar-refractivity contribution in [2.45, 2.75) is 58.9 Å². The molecule has 0 aromatic rings. The van der Waals surface area contributed by atoms with Crippen molar-refractivity contribution in [2.75, 3.05) is 12.4 Å². The molecule has 0 aromatic carbocycles. The van der Waals surface area contributed by atoms with Crippen LogP contribution in [0, 0.1) is 5.41 Å². The van der Waals surface area contributed by atoms with Crippen LogP contribution in [-0.4, -0.2) is 29.3 Å². The molecule has 1 fully saturated rings. The van der Waals surface area contributed by atoms with Gasteiger partial charge in [-0.25, -0.2) is 0 Å². The summed E-state index contributed by atoms with van der Waals surface area (Å²) in [5.74, 6) is 0.826. The Bertz CT molecular complexity index is 229. The monoisotopic (exact) mass is 245 g/mol. The van der Waals surface area contributed by atoms with Crippen molar-refractivity contribution in [3.8, 4) is 0 Å². The summed E-state index contributed by atoms with van der Waals surface area (Å²) in [5.41, 5.74) is 0.0697. The van der Waals surface area contributed by atoms with Crippen molar-refractivity contribution in [3.05, 3.63) is 0 Å². The van der Waals surface area contributed by atoms with E-state index in [0.717, 1.165) is 12.8 Å². The first-order valence-corrected chi connectivity index (χ1v) is 6.83. The highest BCUT2D eigenvalue weighted by Crippen LogP contribution is 2.27. The van der Waals surface area contributed by atoms with Crippen LogP contribution in [0.4, 0.5) is 0 Å². The Morgan fingerprint density at radius 3 is 2.31 bits per heavy atom. The first-order valence-electron chi connectivity index (χ1n) is 6.29. The van der Waals surface area contributed by atoms with E-state index in [1.54, 1.807) is 0 Å². The molecule has 0 aliphatic heterocycles. The van der Waals surface area contributed by atoms with Gasteiger partial charge >= 0.3 is 0 Å². The molecule has 0 heterocycles. The highest BCUT2D eigenvalue weighted by molar-refractivity contribution is 6.18. The molecule has 16 heavy (non-hydrogen) atoms. The predicted octanol–water partition coefficient (Wildman–Crippen LogP) is 3.43. The number of carbonyl (C=O) groups excluding carboxylic acids is 1. The van der Waals surface area contributed by atoms with E-state index in [1.165, 1.54) is 12.8 Å². The lowest BCUT2D eigenvalue weighted by Crippen LogP contribution is -2.41. The normalized spacial score (nSPS) is 17.8. The third-order valence-electron chi connectivity index (χ3n) is 3.09. The fourth-order valence-corrected chi connectivity index (χ4v) is 2.56. The van der Waals surface area contributed by atoms with Crippen molar-refractivity contribution in [1.82, 2.24) is 4.90 Å². The third-order valence-corrected chi connectivity index (χ3v) is 3.26. The first kappa shape index (κ1) is 13.8. The summed E-state index contributed by atoms with van der Waals surface area (Å²) in [6.45, 7) is 7.04. The highest BCUT2D eigenvalue weighted by Gasteiger charge is 2.28. The van der Waals surface area contributed by atoms with Gasteiger partial charge in [-0.15, -0.1) is 11.6 Å². The van der Waals surface area contributed by atoms with E-state index in [9.17, 15) is 4.79 Å². The molecule has 3 heteroatoms. The summed E-state index contributed by atoms with van der Waals surface area (Å²) in [7, 11) is 0. The van der Waals surface area contributed by atoms with Gasteiger partial charge in [0.25, 0.3) is 0 Å². The summed E-state index contributed by atoms with van der Waals surface area (Å²) < 4.78 is 0. The van der Waals surface area contributed by atoms with E-state index in [4.69, 9.17) is 11.6 Å². The number of hydrogen-bond acceptors (Lipinski definition) is 1. The van der Waals surface area contributed by atoms with Gasteiger partial charge < -0.3 is 4.90 Å². The van der Waals surface area contributed by atoms with Crippen LogP contribution in [0.25, 0.3) is 0 Å². The Morgan fingerprint density at radius 1 is 1.31 bits per heavy atom. The Morgan fingerprint density at radius 2 is 1.88 bits per heavy atom. The van der Waals surface area contributed by atoms with Gasteiger partial charge in [-0.3, -0.25) is 4.79 Å². The van der Waals surface area contributed by atoms with Crippen LogP contribution in [0.2, 0.25) is 0 Å². The number of amides is 1. The molecule has 2 nitrogen and oxygen atoms in total. The Balaban J connectivity index is 2.57. The van der Waals surface area contributed by atoms with Crippen LogP contribution in [-0.2, 0) is 4.79 Å². The molecular formula is C13H24ClNO. The summed E-state index contributed by atoms with van der Waals surface area (Å²) in [4.78, 5) is 14.2. The molecule has 0 spiro atoms. The molecular weight excluding hydrogens is 222 g/mol. The largest absolute Gasteiger partial charge is 0.339 e.